The van der Waals surface area contributed by atoms with Gasteiger partial charge >= 0.3 is 0 Å². The average molecular weight is 418 g/mol. The lowest BCUT2D eigenvalue weighted by atomic mass is 10.3. The number of hydrogen-bond donors (Lipinski definition) is 0. The summed E-state index contributed by atoms with van der Waals surface area (Å²) in [5.41, 5.74) is 0. The second kappa shape index (κ2) is 8.85. The third-order valence-corrected chi connectivity index (χ3v) is 6.64. The SMILES string of the molecule is C=CCN(Cc1ccc(Cl)s1)C(=O)CCS(=O)(=O)c1ccc(Cl)cc1. The standard InChI is InChI=1S/C17H17Cl2NO3S2/c1-2-10-20(12-14-5-8-16(19)24-14)17(21)9-11-25(22,23)15-6-3-13(18)4-7-15/h2-8H,1,9-12H2. The second-order valence-corrected chi connectivity index (χ2v) is 9.64. The summed E-state index contributed by atoms with van der Waals surface area (Å²) >= 11 is 13.1. The Morgan fingerprint density at radius 1 is 1.16 bits per heavy atom. The van der Waals surface area contributed by atoms with Gasteiger partial charge in [-0.1, -0.05) is 29.3 Å². The minimum absolute atomic E-state index is 0.0993. The van der Waals surface area contributed by atoms with E-state index >= 15 is 0 Å². The molecule has 0 atom stereocenters. The van der Waals surface area contributed by atoms with E-state index in [1.165, 1.54) is 35.6 Å². The molecule has 0 aliphatic rings. The van der Waals surface area contributed by atoms with Crippen molar-refractivity contribution in [2.24, 2.45) is 0 Å². The molecule has 0 saturated heterocycles. The van der Waals surface area contributed by atoms with Crippen LogP contribution in [0.4, 0.5) is 0 Å². The normalized spacial score (nSPS) is 11.3. The molecular formula is C17H17Cl2NO3S2. The Morgan fingerprint density at radius 2 is 1.84 bits per heavy atom. The Hall–Kier alpha value is -1.34. The zero-order chi connectivity index (χ0) is 18.4. The van der Waals surface area contributed by atoms with Crippen LogP contribution in [0.15, 0.2) is 53.9 Å². The van der Waals surface area contributed by atoms with Crippen LogP contribution in [0.2, 0.25) is 9.36 Å². The zero-order valence-electron chi connectivity index (χ0n) is 13.3. The summed E-state index contributed by atoms with van der Waals surface area (Å²) in [6.45, 7) is 4.37. The molecule has 1 aromatic heterocycles. The fraction of sp³-hybridized carbons (Fsp3) is 0.235. The second-order valence-electron chi connectivity index (χ2n) is 5.29. The first-order chi connectivity index (χ1) is 11.8. The number of carbonyl (C=O) groups is 1. The summed E-state index contributed by atoms with van der Waals surface area (Å²) in [5.74, 6) is -0.506. The Morgan fingerprint density at radius 3 is 2.40 bits per heavy atom. The summed E-state index contributed by atoms with van der Waals surface area (Å²) in [4.78, 5) is 15.1. The van der Waals surface area contributed by atoms with E-state index in [9.17, 15) is 13.2 Å². The van der Waals surface area contributed by atoms with Gasteiger partial charge in [-0.2, -0.15) is 0 Å². The van der Waals surface area contributed by atoms with Crippen molar-refractivity contribution in [2.75, 3.05) is 12.3 Å². The fourth-order valence-electron chi connectivity index (χ4n) is 2.17. The molecule has 0 saturated carbocycles. The topological polar surface area (TPSA) is 54.5 Å². The minimum atomic E-state index is -3.54. The number of rotatable bonds is 8. The molecule has 2 aromatic rings. The van der Waals surface area contributed by atoms with Crippen LogP contribution in [0, 0.1) is 0 Å². The van der Waals surface area contributed by atoms with E-state index in [1.54, 1.807) is 17.0 Å². The minimum Gasteiger partial charge on any atom is -0.334 e. The van der Waals surface area contributed by atoms with Crippen molar-refractivity contribution in [3.05, 3.63) is 63.3 Å². The summed E-state index contributed by atoms with van der Waals surface area (Å²) in [7, 11) is -3.54. The van der Waals surface area contributed by atoms with Crippen LogP contribution in [-0.4, -0.2) is 31.5 Å². The van der Waals surface area contributed by atoms with Crippen LogP contribution in [0.25, 0.3) is 0 Å². The van der Waals surface area contributed by atoms with Crippen molar-refractivity contribution in [2.45, 2.75) is 17.9 Å². The van der Waals surface area contributed by atoms with Crippen LogP contribution < -0.4 is 0 Å². The Labute approximate surface area is 161 Å². The molecule has 134 valence electrons. The number of carbonyl (C=O) groups excluding carboxylic acids is 1. The molecule has 8 heteroatoms. The van der Waals surface area contributed by atoms with Gasteiger partial charge in [0.25, 0.3) is 0 Å². The zero-order valence-corrected chi connectivity index (χ0v) is 16.5. The van der Waals surface area contributed by atoms with Gasteiger partial charge in [0.1, 0.15) is 0 Å². The van der Waals surface area contributed by atoms with Crippen molar-refractivity contribution in [3.8, 4) is 0 Å². The Balaban J connectivity index is 2.02. The summed E-state index contributed by atoms with van der Waals surface area (Å²) in [6, 6.07) is 9.53. The number of amides is 1. The molecule has 0 radical (unpaired) electrons. The highest BCUT2D eigenvalue weighted by Crippen LogP contribution is 2.23. The third-order valence-electron chi connectivity index (χ3n) is 3.44. The predicted molar refractivity (Wildman–Crippen MR) is 103 cm³/mol. The summed E-state index contributed by atoms with van der Waals surface area (Å²) in [6.07, 6.45) is 1.51. The van der Waals surface area contributed by atoms with Gasteiger partial charge in [-0.15, -0.1) is 17.9 Å². The largest absolute Gasteiger partial charge is 0.334 e. The number of hydrogen-bond acceptors (Lipinski definition) is 4. The Bertz CT molecular complexity index is 845. The van der Waals surface area contributed by atoms with Crippen molar-refractivity contribution in [3.63, 3.8) is 0 Å². The van der Waals surface area contributed by atoms with Crippen molar-refractivity contribution in [1.29, 1.82) is 0 Å². The lowest BCUT2D eigenvalue weighted by Gasteiger charge is -2.20. The molecule has 0 unspecified atom stereocenters. The highest BCUT2D eigenvalue weighted by Gasteiger charge is 2.20. The lowest BCUT2D eigenvalue weighted by Crippen LogP contribution is -2.31. The van der Waals surface area contributed by atoms with Gasteiger partial charge < -0.3 is 4.90 Å². The van der Waals surface area contributed by atoms with Crippen LogP contribution in [0.1, 0.15) is 11.3 Å². The first-order valence-electron chi connectivity index (χ1n) is 7.43. The van der Waals surface area contributed by atoms with Crippen molar-refractivity contribution in [1.82, 2.24) is 4.90 Å². The molecule has 0 aliphatic heterocycles. The van der Waals surface area contributed by atoms with E-state index in [-0.39, 0.29) is 23.0 Å². The van der Waals surface area contributed by atoms with Gasteiger partial charge in [-0.3, -0.25) is 4.79 Å². The summed E-state index contributed by atoms with van der Waals surface area (Å²) < 4.78 is 25.3. The van der Waals surface area contributed by atoms with Gasteiger partial charge in [0.15, 0.2) is 9.84 Å². The van der Waals surface area contributed by atoms with Gasteiger partial charge in [-0.05, 0) is 36.4 Å². The number of benzene rings is 1. The first kappa shape index (κ1) is 20.0. The van der Waals surface area contributed by atoms with Crippen LogP contribution in [0.3, 0.4) is 0 Å². The summed E-state index contributed by atoms with van der Waals surface area (Å²) in [5, 5.41) is 0.460. The quantitative estimate of drug-likeness (QED) is 0.596. The van der Waals surface area contributed by atoms with Gasteiger partial charge in [-0.25, -0.2) is 8.42 Å². The predicted octanol–water partition coefficient (Wildman–Crippen LogP) is 4.43. The number of thiophene rings is 1. The number of halogens is 2. The van der Waals surface area contributed by atoms with Gasteiger partial charge in [0.2, 0.25) is 5.91 Å². The maximum atomic E-state index is 12.4. The molecule has 2 rings (SSSR count). The van der Waals surface area contributed by atoms with E-state index in [0.717, 1.165) is 4.88 Å². The smallest absolute Gasteiger partial charge is 0.224 e. The number of nitrogens with zero attached hydrogens (tertiary/aromatic N) is 1. The molecule has 25 heavy (non-hydrogen) atoms. The molecule has 0 spiro atoms. The third kappa shape index (κ3) is 5.85. The van der Waals surface area contributed by atoms with E-state index < -0.39 is 9.84 Å². The molecule has 4 nitrogen and oxygen atoms in total. The van der Waals surface area contributed by atoms with E-state index in [1.807, 2.05) is 6.07 Å². The van der Waals surface area contributed by atoms with E-state index in [0.29, 0.717) is 22.4 Å². The van der Waals surface area contributed by atoms with Gasteiger partial charge in [0.05, 0.1) is 21.5 Å². The molecule has 0 fully saturated rings. The van der Waals surface area contributed by atoms with Crippen LogP contribution in [0.5, 0.6) is 0 Å². The van der Waals surface area contributed by atoms with E-state index in [2.05, 4.69) is 6.58 Å². The first-order valence-corrected chi connectivity index (χ1v) is 10.7. The maximum absolute atomic E-state index is 12.4. The monoisotopic (exact) mass is 417 g/mol. The molecule has 0 aliphatic carbocycles. The van der Waals surface area contributed by atoms with Crippen LogP contribution in [-0.2, 0) is 21.2 Å². The van der Waals surface area contributed by atoms with Gasteiger partial charge in [0, 0.05) is 22.9 Å². The molecule has 1 amide bonds. The fourth-order valence-corrected chi connectivity index (χ4v) is 4.63. The maximum Gasteiger partial charge on any atom is 0.224 e. The highest BCUT2D eigenvalue weighted by atomic mass is 35.5. The average Bonchev–Trinajstić information content (AvgIpc) is 2.98. The van der Waals surface area contributed by atoms with Crippen molar-refractivity contribution < 1.29 is 13.2 Å². The Kier molecular flexibility index (Phi) is 7.07. The molecule has 0 bridgehead atoms. The molecule has 1 aromatic carbocycles. The highest BCUT2D eigenvalue weighted by molar-refractivity contribution is 7.91. The molecular weight excluding hydrogens is 401 g/mol. The number of sulfone groups is 1. The molecule has 0 N–H and O–H groups in total. The van der Waals surface area contributed by atoms with Crippen molar-refractivity contribution >= 4 is 50.3 Å². The lowest BCUT2D eigenvalue weighted by molar-refractivity contribution is -0.130. The van der Waals surface area contributed by atoms with E-state index in [4.69, 9.17) is 23.2 Å². The van der Waals surface area contributed by atoms with Crippen LogP contribution >= 0.6 is 34.5 Å². The molecule has 1 heterocycles.